The number of aliphatic carboxylic acids is 1. The summed E-state index contributed by atoms with van der Waals surface area (Å²) < 4.78 is 0. The topological polar surface area (TPSA) is 66.4 Å². The molecule has 22 heavy (non-hydrogen) atoms. The molecule has 1 fully saturated rings. The van der Waals surface area contributed by atoms with Crippen LogP contribution in [0.3, 0.4) is 0 Å². The molecule has 0 spiro atoms. The summed E-state index contributed by atoms with van der Waals surface area (Å²) in [7, 11) is 0. The summed E-state index contributed by atoms with van der Waals surface area (Å²) in [6.07, 6.45) is 3.93. The van der Waals surface area contributed by atoms with E-state index in [1.54, 1.807) is 12.1 Å². The number of nitrogens with one attached hydrogen (secondary N) is 1. The predicted octanol–water partition coefficient (Wildman–Crippen LogP) is 3.09. The van der Waals surface area contributed by atoms with Crippen molar-refractivity contribution in [1.82, 2.24) is 0 Å². The van der Waals surface area contributed by atoms with Gasteiger partial charge in [-0.3, -0.25) is 9.59 Å². The van der Waals surface area contributed by atoms with Crippen molar-refractivity contribution in [3.63, 3.8) is 0 Å². The lowest BCUT2D eigenvalue weighted by Gasteiger charge is -2.23. The third kappa shape index (κ3) is 2.25. The zero-order valence-electron chi connectivity index (χ0n) is 12.6. The summed E-state index contributed by atoms with van der Waals surface area (Å²) in [5.74, 6) is -2.59. The number of amides is 1. The monoisotopic (exact) mass is 297 g/mol. The summed E-state index contributed by atoms with van der Waals surface area (Å²) in [6, 6.07) is 9.16. The fraction of sp³-hybridized carbons (Fsp3) is 0.333. The number of para-hydroxylation sites is 1. The Bertz CT molecular complexity index is 671. The first kappa shape index (κ1) is 14.6. The zero-order chi connectivity index (χ0) is 15.9. The van der Waals surface area contributed by atoms with Crippen LogP contribution in [0.15, 0.2) is 53.6 Å². The van der Waals surface area contributed by atoms with Gasteiger partial charge in [-0.05, 0) is 26.0 Å². The van der Waals surface area contributed by atoms with Crippen molar-refractivity contribution in [3.05, 3.63) is 53.6 Å². The Morgan fingerprint density at radius 3 is 2.14 bits per heavy atom. The van der Waals surface area contributed by atoms with Crippen LogP contribution >= 0.6 is 0 Å². The van der Waals surface area contributed by atoms with Gasteiger partial charge in [0.15, 0.2) is 0 Å². The molecule has 1 aromatic rings. The normalized spacial score (nSPS) is 28.7. The van der Waals surface area contributed by atoms with Crippen molar-refractivity contribution in [2.75, 3.05) is 5.32 Å². The Hall–Kier alpha value is -2.36. The third-order valence-electron chi connectivity index (χ3n) is 4.61. The minimum absolute atomic E-state index is 0.0974. The Balaban J connectivity index is 1.92. The van der Waals surface area contributed by atoms with Crippen LogP contribution in [0.25, 0.3) is 0 Å². The molecule has 0 aromatic heterocycles. The minimum atomic E-state index is -0.899. The molecule has 4 atom stereocenters. The van der Waals surface area contributed by atoms with Crippen LogP contribution in [0.1, 0.15) is 13.8 Å². The highest BCUT2D eigenvalue weighted by Gasteiger charge is 2.54. The molecule has 114 valence electrons. The van der Waals surface area contributed by atoms with E-state index in [1.165, 1.54) is 0 Å². The standard InChI is InChI=1S/C18H19NO3/c1-10(2)14-12-8-9-13(14)16(18(21)22)15(12)17(20)19-11-6-4-3-5-7-11/h3-9,12-13,15-16H,1-2H3,(H,19,20)(H,21,22). The highest BCUT2D eigenvalue weighted by atomic mass is 16.4. The lowest BCUT2D eigenvalue weighted by molar-refractivity contribution is -0.146. The lowest BCUT2D eigenvalue weighted by atomic mass is 9.82. The van der Waals surface area contributed by atoms with Gasteiger partial charge in [-0.2, -0.15) is 0 Å². The fourth-order valence-corrected chi connectivity index (χ4v) is 3.79. The summed E-state index contributed by atoms with van der Waals surface area (Å²) in [6.45, 7) is 3.97. The number of carboxylic acids is 1. The molecule has 2 aliphatic carbocycles. The molecule has 4 unspecified atom stereocenters. The van der Waals surface area contributed by atoms with Crippen LogP contribution in [0.5, 0.6) is 0 Å². The maximum Gasteiger partial charge on any atom is 0.308 e. The van der Waals surface area contributed by atoms with E-state index in [4.69, 9.17) is 0 Å². The van der Waals surface area contributed by atoms with Crippen molar-refractivity contribution in [2.24, 2.45) is 23.7 Å². The number of hydrogen-bond donors (Lipinski definition) is 2. The number of anilines is 1. The van der Waals surface area contributed by atoms with Crippen molar-refractivity contribution < 1.29 is 14.7 Å². The van der Waals surface area contributed by atoms with Crippen LogP contribution in [0, 0.1) is 23.7 Å². The minimum Gasteiger partial charge on any atom is -0.481 e. The Morgan fingerprint density at radius 1 is 1.00 bits per heavy atom. The van der Waals surface area contributed by atoms with Crippen LogP contribution < -0.4 is 5.32 Å². The highest BCUT2D eigenvalue weighted by Crippen LogP contribution is 2.53. The number of benzene rings is 1. The number of fused-ring (bicyclic) bond motifs is 2. The molecule has 0 radical (unpaired) electrons. The van der Waals surface area contributed by atoms with Crippen LogP contribution in [-0.2, 0) is 9.59 Å². The first-order valence-corrected chi connectivity index (χ1v) is 7.45. The summed E-state index contributed by atoms with van der Waals surface area (Å²) in [5.41, 5.74) is 2.91. The van der Waals surface area contributed by atoms with Gasteiger partial charge in [-0.15, -0.1) is 0 Å². The second-order valence-electron chi connectivity index (χ2n) is 6.14. The average molecular weight is 297 g/mol. The van der Waals surface area contributed by atoms with E-state index in [-0.39, 0.29) is 17.7 Å². The SMILES string of the molecule is CC(C)=C1C2C=CC1C(C(=O)Nc1ccccc1)C2C(=O)O. The van der Waals surface area contributed by atoms with E-state index in [1.807, 2.05) is 44.2 Å². The number of allylic oxidation sites excluding steroid dienone is 4. The molecule has 1 aromatic carbocycles. The molecule has 2 aliphatic rings. The van der Waals surface area contributed by atoms with Gasteiger partial charge in [0.2, 0.25) is 5.91 Å². The quantitative estimate of drug-likeness (QED) is 0.843. The number of carbonyl (C=O) groups is 2. The third-order valence-corrected chi connectivity index (χ3v) is 4.61. The van der Waals surface area contributed by atoms with Crippen LogP contribution in [0.2, 0.25) is 0 Å². The van der Waals surface area contributed by atoms with Gasteiger partial charge < -0.3 is 10.4 Å². The van der Waals surface area contributed by atoms with E-state index < -0.39 is 17.8 Å². The Kier molecular flexibility index (Phi) is 3.61. The first-order chi connectivity index (χ1) is 10.5. The fourth-order valence-electron chi connectivity index (χ4n) is 3.79. The lowest BCUT2D eigenvalue weighted by Crippen LogP contribution is -2.36. The maximum atomic E-state index is 12.7. The van der Waals surface area contributed by atoms with Crippen molar-refractivity contribution >= 4 is 17.6 Å². The molecular formula is C18H19NO3. The average Bonchev–Trinajstić information content (AvgIpc) is 3.03. The van der Waals surface area contributed by atoms with Gasteiger partial charge in [0.05, 0.1) is 11.8 Å². The van der Waals surface area contributed by atoms with Crippen molar-refractivity contribution in [2.45, 2.75) is 13.8 Å². The van der Waals surface area contributed by atoms with E-state index in [0.29, 0.717) is 5.69 Å². The van der Waals surface area contributed by atoms with Gasteiger partial charge in [-0.25, -0.2) is 0 Å². The van der Waals surface area contributed by atoms with Gasteiger partial charge in [0.1, 0.15) is 0 Å². The number of rotatable bonds is 3. The van der Waals surface area contributed by atoms with E-state index in [9.17, 15) is 14.7 Å². The Labute approximate surface area is 129 Å². The summed E-state index contributed by atoms with van der Waals surface area (Å²) in [5, 5.41) is 12.4. The molecule has 4 nitrogen and oxygen atoms in total. The molecular weight excluding hydrogens is 278 g/mol. The molecule has 0 saturated heterocycles. The largest absolute Gasteiger partial charge is 0.481 e. The predicted molar refractivity (Wildman–Crippen MR) is 84.2 cm³/mol. The first-order valence-electron chi connectivity index (χ1n) is 7.45. The zero-order valence-corrected chi connectivity index (χ0v) is 12.6. The molecule has 2 bridgehead atoms. The molecule has 4 heteroatoms. The van der Waals surface area contributed by atoms with E-state index >= 15 is 0 Å². The molecule has 0 heterocycles. The van der Waals surface area contributed by atoms with Crippen LogP contribution in [0.4, 0.5) is 5.69 Å². The van der Waals surface area contributed by atoms with E-state index in [0.717, 1.165) is 11.1 Å². The van der Waals surface area contributed by atoms with Gasteiger partial charge in [-0.1, -0.05) is 41.5 Å². The molecule has 1 amide bonds. The molecule has 1 saturated carbocycles. The molecule has 0 aliphatic heterocycles. The second kappa shape index (κ2) is 5.44. The molecule has 3 rings (SSSR count). The van der Waals surface area contributed by atoms with Crippen molar-refractivity contribution in [1.29, 1.82) is 0 Å². The second-order valence-corrected chi connectivity index (χ2v) is 6.14. The number of hydrogen-bond acceptors (Lipinski definition) is 2. The smallest absolute Gasteiger partial charge is 0.308 e. The van der Waals surface area contributed by atoms with Crippen molar-refractivity contribution in [3.8, 4) is 0 Å². The van der Waals surface area contributed by atoms with Gasteiger partial charge in [0.25, 0.3) is 0 Å². The van der Waals surface area contributed by atoms with Crippen LogP contribution in [-0.4, -0.2) is 17.0 Å². The Morgan fingerprint density at radius 2 is 1.59 bits per heavy atom. The van der Waals surface area contributed by atoms with Gasteiger partial charge in [0, 0.05) is 17.5 Å². The number of carboxylic acid groups (broad SMARTS) is 1. The molecule has 2 N–H and O–H groups in total. The van der Waals surface area contributed by atoms with Gasteiger partial charge >= 0.3 is 5.97 Å². The maximum absolute atomic E-state index is 12.7. The summed E-state index contributed by atoms with van der Waals surface area (Å²) >= 11 is 0. The highest BCUT2D eigenvalue weighted by molar-refractivity contribution is 5.97. The number of carbonyl (C=O) groups excluding carboxylic acids is 1. The van der Waals surface area contributed by atoms with E-state index in [2.05, 4.69) is 5.32 Å². The summed E-state index contributed by atoms with van der Waals surface area (Å²) in [4.78, 5) is 24.3.